The number of hydrogen-bond acceptors (Lipinski definition) is 3. The Kier molecular flexibility index (Phi) is 5.78. The van der Waals surface area contributed by atoms with E-state index in [0.717, 1.165) is 11.1 Å². The largest absolute Gasteiger partial charge is 0.468 e. The highest BCUT2D eigenvalue weighted by Crippen LogP contribution is 2.10. The van der Waals surface area contributed by atoms with E-state index in [2.05, 4.69) is 5.32 Å². The van der Waals surface area contributed by atoms with Gasteiger partial charge in [-0.15, -0.1) is 0 Å². The lowest BCUT2D eigenvalue weighted by Gasteiger charge is -2.16. The molecule has 0 spiro atoms. The number of ether oxygens (including phenoxy) is 1. The Morgan fingerprint density at radius 3 is 2.38 bits per heavy atom. The Balaban J connectivity index is 1.99. The van der Waals surface area contributed by atoms with Gasteiger partial charge in [-0.1, -0.05) is 54.1 Å². The average molecular weight is 304 g/mol. The van der Waals surface area contributed by atoms with Crippen LogP contribution in [0.2, 0.25) is 5.02 Å². The van der Waals surface area contributed by atoms with Crippen LogP contribution >= 0.6 is 11.6 Å². The van der Waals surface area contributed by atoms with Crippen molar-refractivity contribution in [3.8, 4) is 0 Å². The number of carbonyl (C=O) groups excluding carboxylic acids is 1. The van der Waals surface area contributed by atoms with E-state index < -0.39 is 0 Å². The van der Waals surface area contributed by atoms with Crippen molar-refractivity contribution in [3.05, 3.63) is 70.7 Å². The van der Waals surface area contributed by atoms with Crippen molar-refractivity contribution in [2.24, 2.45) is 0 Å². The molecule has 0 heterocycles. The number of benzene rings is 2. The van der Waals surface area contributed by atoms with E-state index in [9.17, 15) is 4.79 Å². The molecule has 21 heavy (non-hydrogen) atoms. The van der Waals surface area contributed by atoms with Gasteiger partial charge in [0.25, 0.3) is 0 Å². The molecule has 2 aromatic rings. The van der Waals surface area contributed by atoms with Crippen molar-refractivity contribution in [1.82, 2.24) is 5.32 Å². The monoisotopic (exact) mass is 303 g/mol. The quantitative estimate of drug-likeness (QED) is 0.833. The first-order valence-electron chi connectivity index (χ1n) is 6.78. The van der Waals surface area contributed by atoms with Crippen LogP contribution < -0.4 is 5.32 Å². The van der Waals surface area contributed by atoms with Crippen molar-refractivity contribution >= 4 is 17.6 Å². The van der Waals surface area contributed by atoms with E-state index in [1.807, 2.05) is 54.6 Å². The first-order chi connectivity index (χ1) is 10.2. The Bertz CT molecular complexity index is 569. The second kappa shape index (κ2) is 7.81. The van der Waals surface area contributed by atoms with Gasteiger partial charge in [0.15, 0.2) is 0 Å². The molecule has 3 nitrogen and oxygen atoms in total. The molecule has 0 saturated heterocycles. The highest BCUT2D eigenvalue weighted by Gasteiger charge is 2.18. The van der Waals surface area contributed by atoms with Crippen LogP contribution in [0.25, 0.3) is 0 Å². The predicted molar refractivity (Wildman–Crippen MR) is 84.2 cm³/mol. The normalized spacial score (nSPS) is 11.9. The third-order valence-corrected chi connectivity index (χ3v) is 3.49. The standard InChI is InChI=1S/C17H18ClNO2/c1-21-17(20)16(11-13-5-3-2-4-6-13)19-12-14-7-9-15(18)10-8-14/h2-10,16,19H,11-12H2,1H3/t16-/m1/s1. The van der Waals surface area contributed by atoms with E-state index in [-0.39, 0.29) is 12.0 Å². The lowest BCUT2D eigenvalue weighted by molar-refractivity contribution is -0.143. The van der Waals surface area contributed by atoms with E-state index in [1.54, 1.807) is 0 Å². The van der Waals surface area contributed by atoms with Gasteiger partial charge in [0.1, 0.15) is 6.04 Å². The summed E-state index contributed by atoms with van der Waals surface area (Å²) in [5, 5.41) is 3.94. The van der Waals surface area contributed by atoms with Crippen molar-refractivity contribution in [1.29, 1.82) is 0 Å². The van der Waals surface area contributed by atoms with Crippen LogP contribution in [0.5, 0.6) is 0 Å². The van der Waals surface area contributed by atoms with Crippen LogP contribution in [0.4, 0.5) is 0 Å². The Hall–Kier alpha value is -1.84. The zero-order valence-corrected chi connectivity index (χ0v) is 12.6. The highest BCUT2D eigenvalue weighted by atomic mass is 35.5. The summed E-state index contributed by atoms with van der Waals surface area (Å²) >= 11 is 5.86. The molecule has 0 aliphatic carbocycles. The molecular formula is C17H18ClNO2. The van der Waals surface area contributed by atoms with Crippen LogP contribution in [0, 0.1) is 0 Å². The number of rotatable bonds is 6. The minimum absolute atomic E-state index is 0.257. The van der Waals surface area contributed by atoms with Crippen molar-refractivity contribution in [2.75, 3.05) is 7.11 Å². The van der Waals surface area contributed by atoms with Crippen molar-refractivity contribution in [3.63, 3.8) is 0 Å². The fourth-order valence-electron chi connectivity index (χ4n) is 2.07. The molecule has 1 atom stereocenters. The lowest BCUT2D eigenvalue weighted by atomic mass is 10.1. The van der Waals surface area contributed by atoms with Gasteiger partial charge >= 0.3 is 5.97 Å². The SMILES string of the molecule is COC(=O)[C@@H](Cc1ccccc1)NCc1ccc(Cl)cc1. The third-order valence-electron chi connectivity index (χ3n) is 3.23. The molecule has 0 radical (unpaired) electrons. The molecule has 0 aliphatic rings. The minimum Gasteiger partial charge on any atom is -0.468 e. The molecule has 1 N–H and O–H groups in total. The summed E-state index contributed by atoms with van der Waals surface area (Å²) in [6.45, 7) is 0.587. The fraction of sp³-hybridized carbons (Fsp3) is 0.235. The molecule has 0 saturated carbocycles. The molecule has 2 aromatic carbocycles. The molecule has 0 bridgehead atoms. The van der Waals surface area contributed by atoms with E-state index in [1.165, 1.54) is 7.11 Å². The van der Waals surface area contributed by atoms with Crippen LogP contribution in [0.15, 0.2) is 54.6 Å². The molecular weight excluding hydrogens is 286 g/mol. The summed E-state index contributed by atoms with van der Waals surface area (Å²) in [5.41, 5.74) is 2.16. The van der Waals surface area contributed by atoms with Gasteiger partial charge in [0.2, 0.25) is 0 Å². The lowest BCUT2D eigenvalue weighted by Crippen LogP contribution is -2.39. The number of esters is 1. The molecule has 110 valence electrons. The molecule has 0 aliphatic heterocycles. The Labute approximate surface area is 129 Å². The maximum absolute atomic E-state index is 11.9. The van der Waals surface area contributed by atoms with Crippen LogP contribution in [-0.2, 0) is 22.5 Å². The van der Waals surface area contributed by atoms with Gasteiger partial charge in [0, 0.05) is 11.6 Å². The van der Waals surface area contributed by atoms with Gasteiger partial charge in [-0.3, -0.25) is 4.79 Å². The third kappa shape index (κ3) is 4.88. The van der Waals surface area contributed by atoms with Gasteiger partial charge in [-0.2, -0.15) is 0 Å². The number of methoxy groups -OCH3 is 1. The second-order valence-corrected chi connectivity index (χ2v) is 5.21. The average Bonchev–Trinajstić information content (AvgIpc) is 2.53. The summed E-state index contributed by atoms with van der Waals surface area (Å²) in [5.74, 6) is -0.257. The smallest absolute Gasteiger partial charge is 0.323 e. The Morgan fingerprint density at radius 2 is 1.76 bits per heavy atom. The topological polar surface area (TPSA) is 38.3 Å². The number of hydrogen-bond donors (Lipinski definition) is 1. The minimum atomic E-state index is -0.368. The zero-order valence-electron chi connectivity index (χ0n) is 11.9. The summed E-state index contributed by atoms with van der Waals surface area (Å²) in [6.07, 6.45) is 0.598. The fourth-order valence-corrected chi connectivity index (χ4v) is 2.20. The molecule has 4 heteroatoms. The number of carbonyl (C=O) groups is 1. The summed E-state index contributed by atoms with van der Waals surface area (Å²) in [7, 11) is 1.41. The molecule has 0 aromatic heterocycles. The second-order valence-electron chi connectivity index (χ2n) is 4.77. The van der Waals surface area contributed by atoms with Gasteiger partial charge in [-0.25, -0.2) is 0 Å². The van der Waals surface area contributed by atoms with Crippen LogP contribution in [0.3, 0.4) is 0 Å². The molecule has 0 fully saturated rings. The molecule has 0 unspecified atom stereocenters. The van der Waals surface area contributed by atoms with Crippen LogP contribution in [-0.4, -0.2) is 19.1 Å². The maximum Gasteiger partial charge on any atom is 0.323 e. The highest BCUT2D eigenvalue weighted by molar-refractivity contribution is 6.30. The maximum atomic E-state index is 11.9. The molecule has 0 amide bonds. The predicted octanol–water partition coefficient (Wildman–Crippen LogP) is 3.21. The Morgan fingerprint density at radius 1 is 1.10 bits per heavy atom. The number of nitrogens with one attached hydrogen (secondary N) is 1. The van der Waals surface area contributed by atoms with E-state index >= 15 is 0 Å². The van der Waals surface area contributed by atoms with Crippen LogP contribution in [0.1, 0.15) is 11.1 Å². The van der Waals surface area contributed by atoms with Crippen molar-refractivity contribution < 1.29 is 9.53 Å². The van der Waals surface area contributed by atoms with Gasteiger partial charge in [-0.05, 0) is 29.7 Å². The van der Waals surface area contributed by atoms with Gasteiger partial charge in [0.05, 0.1) is 7.11 Å². The van der Waals surface area contributed by atoms with E-state index in [0.29, 0.717) is 18.0 Å². The summed E-state index contributed by atoms with van der Waals surface area (Å²) < 4.78 is 4.87. The summed E-state index contributed by atoms with van der Waals surface area (Å²) in [4.78, 5) is 11.9. The first-order valence-corrected chi connectivity index (χ1v) is 7.16. The zero-order chi connectivity index (χ0) is 15.1. The first kappa shape index (κ1) is 15.5. The molecule has 2 rings (SSSR count). The van der Waals surface area contributed by atoms with Gasteiger partial charge < -0.3 is 10.1 Å². The van der Waals surface area contributed by atoms with E-state index in [4.69, 9.17) is 16.3 Å². The number of halogens is 1. The summed E-state index contributed by atoms with van der Waals surface area (Å²) in [6, 6.07) is 17.1. The van der Waals surface area contributed by atoms with Crippen molar-refractivity contribution in [2.45, 2.75) is 19.0 Å².